The van der Waals surface area contributed by atoms with Crippen molar-refractivity contribution in [2.75, 3.05) is 6.61 Å². The number of carbonyl (C=O) groups excluding carboxylic acids is 1. The summed E-state index contributed by atoms with van der Waals surface area (Å²) in [5.74, 6) is 6.06. The molecule has 1 N–H and O–H groups in total. The van der Waals surface area contributed by atoms with E-state index in [0.717, 1.165) is 16.8 Å². The predicted molar refractivity (Wildman–Crippen MR) is 71.8 cm³/mol. The van der Waals surface area contributed by atoms with Crippen LogP contribution in [0.2, 0.25) is 0 Å². The van der Waals surface area contributed by atoms with Crippen LogP contribution in [0.5, 0.6) is 0 Å². The van der Waals surface area contributed by atoms with Gasteiger partial charge in [-0.1, -0.05) is 18.1 Å². The van der Waals surface area contributed by atoms with Gasteiger partial charge >= 0.3 is 6.09 Å². The first kappa shape index (κ1) is 11.8. The largest absolute Gasteiger partial charge is 0.447 e. The Bertz CT molecular complexity index is 656. The summed E-state index contributed by atoms with van der Waals surface area (Å²) in [5, 5.41) is 4.65. The number of aromatic nitrogens is 1. The maximum Gasteiger partial charge on any atom is 0.407 e. The fourth-order valence-electron chi connectivity index (χ4n) is 1.81. The number of thiazole rings is 1. The summed E-state index contributed by atoms with van der Waals surface area (Å²) < 4.78 is 4.88. The molecule has 19 heavy (non-hydrogen) atoms. The highest BCUT2D eigenvalue weighted by molar-refractivity contribution is 7.07. The van der Waals surface area contributed by atoms with Gasteiger partial charge in [-0.2, -0.15) is 0 Å². The minimum absolute atomic E-state index is 0.0893. The average Bonchev–Trinajstić information content (AvgIpc) is 3.08. The van der Waals surface area contributed by atoms with Crippen molar-refractivity contribution in [3.8, 4) is 11.8 Å². The Morgan fingerprint density at radius 1 is 1.42 bits per heavy atom. The van der Waals surface area contributed by atoms with Crippen molar-refractivity contribution in [2.45, 2.75) is 6.04 Å². The van der Waals surface area contributed by atoms with E-state index in [9.17, 15) is 4.79 Å². The molecule has 0 bridgehead atoms. The fraction of sp³-hybridized carbons (Fsp3) is 0.143. The third-order valence-electron chi connectivity index (χ3n) is 2.73. The highest BCUT2D eigenvalue weighted by Crippen LogP contribution is 2.18. The van der Waals surface area contributed by atoms with Crippen LogP contribution in [0.15, 0.2) is 35.2 Å². The monoisotopic (exact) mass is 270 g/mol. The molecule has 1 atom stereocenters. The quantitative estimate of drug-likeness (QED) is 0.809. The number of rotatable bonds is 1. The molecule has 0 saturated carbocycles. The maximum atomic E-state index is 11.0. The summed E-state index contributed by atoms with van der Waals surface area (Å²) >= 11 is 1.52. The number of carbonyl (C=O) groups is 1. The molecular weight excluding hydrogens is 260 g/mol. The van der Waals surface area contributed by atoms with Crippen LogP contribution in [0.4, 0.5) is 4.79 Å². The molecule has 1 aromatic carbocycles. The Morgan fingerprint density at radius 2 is 2.37 bits per heavy atom. The number of benzene rings is 1. The number of alkyl carbamates (subject to hydrolysis) is 1. The molecular formula is C14H10N2O2S. The topological polar surface area (TPSA) is 51.2 Å². The number of nitrogens with one attached hydrogen (secondary N) is 1. The van der Waals surface area contributed by atoms with Crippen LogP contribution in [0.3, 0.4) is 0 Å². The Hall–Kier alpha value is -2.32. The van der Waals surface area contributed by atoms with E-state index < -0.39 is 0 Å². The van der Waals surface area contributed by atoms with Crippen LogP contribution in [0.25, 0.3) is 0 Å². The third kappa shape index (κ3) is 2.75. The van der Waals surface area contributed by atoms with Crippen LogP contribution in [0, 0.1) is 11.8 Å². The number of hydrogen-bond acceptors (Lipinski definition) is 4. The molecule has 0 aliphatic carbocycles. The molecule has 1 saturated heterocycles. The molecule has 3 rings (SSSR count). The lowest BCUT2D eigenvalue weighted by Gasteiger charge is -2.07. The molecule has 0 unspecified atom stereocenters. The van der Waals surface area contributed by atoms with Crippen molar-refractivity contribution < 1.29 is 9.53 Å². The van der Waals surface area contributed by atoms with E-state index >= 15 is 0 Å². The average molecular weight is 270 g/mol. The lowest BCUT2D eigenvalue weighted by molar-refractivity contribution is 0.177. The third-order valence-corrected chi connectivity index (χ3v) is 3.32. The summed E-state index contributed by atoms with van der Waals surface area (Å²) in [6.07, 6.45) is -0.371. The number of ether oxygens (including phenoxy) is 1. The molecule has 1 amide bonds. The Labute approximate surface area is 114 Å². The van der Waals surface area contributed by atoms with Gasteiger partial charge < -0.3 is 10.1 Å². The van der Waals surface area contributed by atoms with Gasteiger partial charge in [0.15, 0.2) is 0 Å². The van der Waals surface area contributed by atoms with Gasteiger partial charge in [-0.25, -0.2) is 9.78 Å². The second kappa shape index (κ2) is 5.12. The standard InChI is InChI=1S/C14H10N2O2S/c17-14-16-13(7-18-14)11-3-1-2-10(6-11)4-5-12-8-19-9-15-12/h1-3,6,8-9,13H,7H2,(H,16,17)/t13-/m0/s1. The van der Waals surface area contributed by atoms with E-state index in [0.29, 0.717) is 6.61 Å². The molecule has 2 aromatic rings. The van der Waals surface area contributed by atoms with E-state index in [1.165, 1.54) is 11.3 Å². The van der Waals surface area contributed by atoms with Crippen molar-refractivity contribution in [1.29, 1.82) is 0 Å². The molecule has 0 spiro atoms. The molecule has 1 fully saturated rings. The van der Waals surface area contributed by atoms with E-state index in [-0.39, 0.29) is 12.1 Å². The SMILES string of the molecule is O=C1N[C@H](c2cccc(C#Cc3cscn3)c2)CO1. The van der Waals surface area contributed by atoms with E-state index in [1.807, 2.05) is 29.6 Å². The van der Waals surface area contributed by atoms with Crippen LogP contribution in [0.1, 0.15) is 22.9 Å². The van der Waals surface area contributed by atoms with Gasteiger partial charge in [-0.3, -0.25) is 0 Å². The first-order valence-electron chi connectivity index (χ1n) is 5.75. The first-order chi connectivity index (χ1) is 9.31. The van der Waals surface area contributed by atoms with E-state index in [1.54, 1.807) is 5.51 Å². The normalized spacial score (nSPS) is 17.3. The Morgan fingerprint density at radius 3 is 3.11 bits per heavy atom. The molecule has 5 heteroatoms. The van der Waals surface area contributed by atoms with Crippen molar-refractivity contribution in [3.63, 3.8) is 0 Å². The zero-order chi connectivity index (χ0) is 13.1. The second-order valence-corrected chi connectivity index (χ2v) is 4.76. The van der Waals surface area contributed by atoms with Gasteiger partial charge in [0.1, 0.15) is 12.3 Å². The van der Waals surface area contributed by atoms with Crippen molar-refractivity contribution in [1.82, 2.24) is 10.3 Å². The first-order valence-corrected chi connectivity index (χ1v) is 6.69. The predicted octanol–water partition coefficient (Wildman–Crippen LogP) is 2.32. The molecule has 94 valence electrons. The van der Waals surface area contributed by atoms with Gasteiger partial charge in [-0.05, 0) is 23.6 Å². The molecule has 0 radical (unpaired) electrons. The van der Waals surface area contributed by atoms with Crippen LogP contribution in [-0.4, -0.2) is 17.7 Å². The molecule has 2 heterocycles. The zero-order valence-corrected chi connectivity index (χ0v) is 10.7. The van der Waals surface area contributed by atoms with Gasteiger partial charge in [0.25, 0.3) is 0 Å². The van der Waals surface area contributed by atoms with E-state index in [4.69, 9.17) is 4.74 Å². The summed E-state index contributed by atoms with van der Waals surface area (Å²) in [6.45, 7) is 0.363. The minimum atomic E-state index is -0.371. The molecule has 4 nitrogen and oxygen atoms in total. The summed E-state index contributed by atoms with van der Waals surface area (Å²) in [6, 6.07) is 7.67. The van der Waals surface area contributed by atoms with Gasteiger partial charge in [0.05, 0.1) is 11.6 Å². The highest BCUT2D eigenvalue weighted by atomic mass is 32.1. The lowest BCUT2D eigenvalue weighted by Crippen LogP contribution is -2.18. The number of amides is 1. The van der Waals surface area contributed by atoms with Crippen molar-refractivity contribution in [3.05, 3.63) is 52.0 Å². The van der Waals surface area contributed by atoms with Crippen molar-refractivity contribution >= 4 is 17.4 Å². The number of nitrogens with zero attached hydrogens (tertiary/aromatic N) is 1. The maximum absolute atomic E-state index is 11.0. The number of cyclic esters (lactones) is 1. The van der Waals surface area contributed by atoms with Crippen LogP contribution >= 0.6 is 11.3 Å². The summed E-state index contributed by atoms with van der Waals surface area (Å²) in [5.41, 5.74) is 4.42. The summed E-state index contributed by atoms with van der Waals surface area (Å²) in [4.78, 5) is 15.1. The van der Waals surface area contributed by atoms with Gasteiger partial charge in [-0.15, -0.1) is 11.3 Å². The fourth-order valence-corrected chi connectivity index (χ4v) is 2.29. The number of hydrogen-bond donors (Lipinski definition) is 1. The smallest absolute Gasteiger partial charge is 0.407 e. The second-order valence-electron chi connectivity index (χ2n) is 4.04. The van der Waals surface area contributed by atoms with Crippen molar-refractivity contribution in [2.24, 2.45) is 0 Å². The van der Waals surface area contributed by atoms with Crippen LogP contribution in [-0.2, 0) is 4.74 Å². The zero-order valence-electron chi connectivity index (χ0n) is 9.92. The minimum Gasteiger partial charge on any atom is -0.447 e. The summed E-state index contributed by atoms with van der Waals surface area (Å²) in [7, 11) is 0. The Balaban J connectivity index is 1.82. The molecule has 1 aliphatic rings. The van der Waals surface area contributed by atoms with E-state index in [2.05, 4.69) is 22.1 Å². The highest BCUT2D eigenvalue weighted by Gasteiger charge is 2.23. The molecule has 1 aromatic heterocycles. The lowest BCUT2D eigenvalue weighted by atomic mass is 10.1. The van der Waals surface area contributed by atoms with Gasteiger partial charge in [0.2, 0.25) is 0 Å². The van der Waals surface area contributed by atoms with Crippen LogP contribution < -0.4 is 5.32 Å². The van der Waals surface area contributed by atoms with Gasteiger partial charge in [0, 0.05) is 10.9 Å². The molecule has 1 aliphatic heterocycles. The Kier molecular flexibility index (Phi) is 3.17.